The van der Waals surface area contributed by atoms with Crippen molar-refractivity contribution in [1.29, 1.82) is 0 Å². The summed E-state index contributed by atoms with van der Waals surface area (Å²) in [5, 5.41) is 3.41. The van der Waals surface area contributed by atoms with E-state index in [-0.39, 0.29) is 0 Å². The fourth-order valence-electron chi connectivity index (χ4n) is 2.82. The Hall–Kier alpha value is -1.06. The molecule has 1 heterocycles. The van der Waals surface area contributed by atoms with Crippen molar-refractivity contribution in [3.05, 3.63) is 29.8 Å². The lowest BCUT2D eigenvalue weighted by molar-refractivity contribution is 0.185. The fourth-order valence-corrected chi connectivity index (χ4v) is 2.82. The van der Waals surface area contributed by atoms with E-state index in [4.69, 9.17) is 4.74 Å². The molecule has 1 aromatic rings. The highest BCUT2D eigenvalue weighted by atomic mass is 16.5. The normalized spacial score (nSPS) is 24.3. The van der Waals surface area contributed by atoms with Gasteiger partial charge in [0, 0.05) is 31.9 Å². The maximum absolute atomic E-state index is 5.20. The Bertz CT molecular complexity index is 381. The zero-order valence-electron chi connectivity index (χ0n) is 11.6. The van der Waals surface area contributed by atoms with Gasteiger partial charge in [-0.05, 0) is 37.1 Å². The van der Waals surface area contributed by atoms with Crippen molar-refractivity contribution in [2.75, 3.05) is 32.1 Å². The van der Waals surface area contributed by atoms with Crippen molar-refractivity contribution in [2.45, 2.75) is 26.0 Å². The van der Waals surface area contributed by atoms with Crippen molar-refractivity contribution < 1.29 is 4.74 Å². The number of nitrogens with one attached hydrogen (secondary N) is 1. The number of methoxy groups -OCH3 is 1. The Kier molecular flexibility index (Phi) is 4.61. The van der Waals surface area contributed by atoms with Gasteiger partial charge in [0.1, 0.15) is 0 Å². The molecule has 0 spiro atoms. The summed E-state index contributed by atoms with van der Waals surface area (Å²) in [4.78, 5) is 2.48. The second-order valence-corrected chi connectivity index (χ2v) is 5.21. The van der Waals surface area contributed by atoms with E-state index in [9.17, 15) is 0 Å². The van der Waals surface area contributed by atoms with Crippen LogP contribution in [0.3, 0.4) is 0 Å². The van der Waals surface area contributed by atoms with Crippen LogP contribution in [0, 0.1) is 5.92 Å². The Morgan fingerprint density at radius 3 is 2.94 bits per heavy atom. The van der Waals surface area contributed by atoms with Gasteiger partial charge in [-0.1, -0.05) is 19.1 Å². The minimum Gasteiger partial charge on any atom is -0.380 e. The van der Waals surface area contributed by atoms with Gasteiger partial charge < -0.3 is 15.0 Å². The summed E-state index contributed by atoms with van der Waals surface area (Å²) in [6.45, 7) is 5.27. The first-order valence-electron chi connectivity index (χ1n) is 6.74. The number of piperidine rings is 1. The molecule has 2 atom stereocenters. The molecule has 18 heavy (non-hydrogen) atoms. The molecule has 1 fully saturated rings. The molecule has 1 aliphatic heterocycles. The van der Waals surface area contributed by atoms with Gasteiger partial charge in [0.25, 0.3) is 0 Å². The van der Waals surface area contributed by atoms with Gasteiger partial charge >= 0.3 is 0 Å². The highest BCUT2D eigenvalue weighted by Crippen LogP contribution is 2.24. The average Bonchev–Trinajstić information content (AvgIpc) is 2.39. The molecule has 0 aliphatic carbocycles. The van der Waals surface area contributed by atoms with Gasteiger partial charge in [-0.25, -0.2) is 0 Å². The number of rotatable bonds is 4. The van der Waals surface area contributed by atoms with Crippen molar-refractivity contribution in [2.24, 2.45) is 5.92 Å². The maximum atomic E-state index is 5.20. The molecule has 0 amide bonds. The van der Waals surface area contributed by atoms with Crippen LogP contribution in [-0.4, -0.2) is 33.3 Å². The Morgan fingerprint density at radius 1 is 1.44 bits per heavy atom. The fraction of sp³-hybridized carbons (Fsp3) is 0.600. The van der Waals surface area contributed by atoms with E-state index in [1.54, 1.807) is 7.11 Å². The SMILES string of the molecule is CNC1CCN(c2cccc(COC)c2)CC1C. The summed E-state index contributed by atoms with van der Waals surface area (Å²) in [6.07, 6.45) is 1.21. The van der Waals surface area contributed by atoms with Gasteiger partial charge in [-0.3, -0.25) is 0 Å². The molecule has 0 bridgehead atoms. The molecule has 1 aliphatic rings. The van der Waals surface area contributed by atoms with Gasteiger partial charge in [0.05, 0.1) is 6.61 Å². The number of benzene rings is 1. The van der Waals surface area contributed by atoms with E-state index >= 15 is 0 Å². The number of ether oxygens (including phenoxy) is 1. The predicted molar refractivity (Wildman–Crippen MR) is 76.0 cm³/mol. The monoisotopic (exact) mass is 248 g/mol. The Balaban J connectivity index is 2.05. The van der Waals surface area contributed by atoms with Gasteiger partial charge in [-0.15, -0.1) is 0 Å². The van der Waals surface area contributed by atoms with E-state index in [1.165, 1.54) is 17.7 Å². The van der Waals surface area contributed by atoms with Crippen LogP contribution in [0.15, 0.2) is 24.3 Å². The molecule has 1 saturated heterocycles. The predicted octanol–water partition coefficient (Wildman–Crippen LogP) is 2.27. The van der Waals surface area contributed by atoms with Crippen molar-refractivity contribution >= 4 is 5.69 Å². The molecule has 2 unspecified atom stereocenters. The summed E-state index contributed by atoms with van der Waals surface area (Å²) < 4.78 is 5.20. The van der Waals surface area contributed by atoms with E-state index in [0.717, 1.165) is 13.1 Å². The lowest BCUT2D eigenvalue weighted by Crippen LogP contribution is -2.47. The molecule has 2 rings (SSSR count). The largest absolute Gasteiger partial charge is 0.380 e. The van der Waals surface area contributed by atoms with E-state index in [1.807, 2.05) is 0 Å². The molecule has 3 heteroatoms. The summed E-state index contributed by atoms with van der Waals surface area (Å²) in [7, 11) is 3.81. The first-order valence-corrected chi connectivity index (χ1v) is 6.74. The van der Waals surface area contributed by atoms with Gasteiger partial charge in [-0.2, -0.15) is 0 Å². The highest BCUT2D eigenvalue weighted by molar-refractivity contribution is 5.49. The summed E-state index contributed by atoms with van der Waals surface area (Å²) in [6, 6.07) is 9.35. The molecule has 100 valence electrons. The van der Waals surface area contributed by atoms with Crippen LogP contribution in [0.5, 0.6) is 0 Å². The van der Waals surface area contributed by atoms with E-state index < -0.39 is 0 Å². The quantitative estimate of drug-likeness (QED) is 0.884. The molecule has 3 nitrogen and oxygen atoms in total. The third-order valence-corrected chi connectivity index (χ3v) is 3.86. The first-order chi connectivity index (χ1) is 8.74. The zero-order chi connectivity index (χ0) is 13.0. The molecule has 1 aromatic carbocycles. The van der Waals surface area contributed by atoms with Crippen LogP contribution in [0.2, 0.25) is 0 Å². The van der Waals surface area contributed by atoms with Crippen LogP contribution in [0.25, 0.3) is 0 Å². The highest BCUT2D eigenvalue weighted by Gasteiger charge is 2.24. The number of hydrogen-bond donors (Lipinski definition) is 1. The van der Waals surface area contributed by atoms with Crippen LogP contribution >= 0.6 is 0 Å². The number of hydrogen-bond acceptors (Lipinski definition) is 3. The summed E-state index contributed by atoms with van der Waals surface area (Å²) >= 11 is 0. The Morgan fingerprint density at radius 2 is 2.28 bits per heavy atom. The van der Waals surface area contributed by atoms with E-state index in [0.29, 0.717) is 18.6 Å². The van der Waals surface area contributed by atoms with Crippen molar-refractivity contribution in [1.82, 2.24) is 5.32 Å². The molecule has 0 aromatic heterocycles. The molecule has 1 N–H and O–H groups in total. The number of nitrogens with zero attached hydrogens (tertiary/aromatic N) is 1. The smallest absolute Gasteiger partial charge is 0.0713 e. The standard InChI is InChI=1S/C15H24N2O/c1-12-10-17(8-7-15(12)16-2)14-6-4-5-13(9-14)11-18-3/h4-6,9,12,15-16H,7-8,10-11H2,1-3H3. The second-order valence-electron chi connectivity index (χ2n) is 5.21. The average molecular weight is 248 g/mol. The zero-order valence-corrected chi connectivity index (χ0v) is 11.6. The number of anilines is 1. The molecular formula is C15H24N2O. The van der Waals surface area contributed by atoms with E-state index in [2.05, 4.69) is 48.5 Å². The summed E-state index contributed by atoms with van der Waals surface area (Å²) in [5.74, 6) is 0.690. The third kappa shape index (κ3) is 3.03. The van der Waals surface area contributed by atoms with Crippen LogP contribution < -0.4 is 10.2 Å². The van der Waals surface area contributed by atoms with Gasteiger partial charge in [0.15, 0.2) is 0 Å². The molecule has 0 radical (unpaired) electrons. The van der Waals surface area contributed by atoms with Crippen LogP contribution in [0.1, 0.15) is 18.9 Å². The summed E-state index contributed by atoms with van der Waals surface area (Å²) in [5.41, 5.74) is 2.57. The molecular weight excluding hydrogens is 224 g/mol. The lowest BCUT2D eigenvalue weighted by Gasteiger charge is -2.38. The van der Waals surface area contributed by atoms with Crippen molar-refractivity contribution in [3.8, 4) is 0 Å². The first kappa shape index (κ1) is 13.4. The van der Waals surface area contributed by atoms with Crippen molar-refractivity contribution in [3.63, 3.8) is 0 Å². The second kappa shape index (κ2) is 6.21. The molecule has 0 saturated carbocycles. The minimum absolute atomic E-state index is 0.656. The lowest BCUT2D eigenvalue weighted by atomic mass is 9.93. The Labute approximate surface area is 110 Å². The maximum Gasteiger partial charge on any atom is 0.0713 e. The van der Waals surface area contributed by atoms with Crippen LogP contribution in [-0.2, 0) is 11.3 Å². The minimum atomic E-state index is 0.656. The van der Waals surface area contributed by atoms with Gasteiger partial charge in [0.2, 0.25) is 0 Å². The van der Waals surface area contributed by atoms with Crippen LogP contribution in [0.4, 0.5) is 5.69 Å². The topological polar surface area (TPSA) is 24.5 Å². The third-order valence-electron chi connectivity index (χ3n) is 3.86.